The van der Waals surface area contributed by atoms with Crippen LogP contribution in [0.5, 0.6) is 0 Å². The van der Waals surface area contributed by atoms with Crippen LogP contribution in [0.4, 0.5) is 0 Å². The third-order valence-corrected chi connectivity index (χ3v) is 3.30. The molecule has 0 bridgehead atoms. The summed E-state index contributed by atoms with van der Waals surface area (Å²) in [6.45, 7) is 4.76. The predicted molar refractivity (Wildman–Crippen MR) is 73.6 cm³/mol. The fourth-order valence-corrected chi connectivity index (χ4v) is 2.16. The Labute approximate surface area is 118 Å². The first-order chi connectivity index (χ1) is 9.47. The number of nitrogens with one attached hydrogen (secondary N) is 1. The third kappa shape index (κ3) is 3.82. The maximum absolute atomic E-state index is 12.4. The van der Waals surface area contributed by atoms with E-state index in [1.54, 1.807) is 11.0 Å². The molecule has 6 heteroatoms. The van der Waals surface area contributed by atoms with Gasteiger partial charge in [0.2, 0.25) is 0 Å². The SMILES string of the molecule is CC(C)CN(CCC(=O)O)C(=O)c1cc(C2CC2)[nH]n1. The number of aromatic nitrogens is 2. The van der Waals surface area contributed by atoms with Crippen molar-refractivity contribution < 1.29 is 14.7 Å². The van der Waals surface area contributed by atoms with Gasteiger partial charge < -0.3 is 10.0 Å². The van der Waals surface area contributed by atoms with Crippen LogP contribution in [0.1, 0.15) is 55.2 Å². The van der Waals surface area contributed by atoms with Gasteiger partial charge in [-0.05, 0) is 24.8 Å². The van der Waals surface area contributed by atoms with Crippen molar-refractivity contribution in [2.45, 2.75) is 39.0 Å². The molecule has 110 valence electrons. The van der Waals surface area contributed by atoms with Gasteiger partial charge >= 0.3 is 5.97 Å². The van der Waals surface area contributed by atoms with Crippen LogP contribution in [0.2, 0.25) is 0 Å². The molecule has 0 aromatic carbocycles. The maximum atomic E-state index is 12.4. The number of aliphatic carboxylic acids is 1. The second kappa shape index (κ2) is 6.07. The van der Waals surface area contributed by atoms with Crippen molar-refractivity contribution in [1.29, 1.82) is 0 Å². The van der Waals surface area contributed by atoms with Crippen LogP contribution in [0, 0.1) is 5.92 Å². The van der Waals surface area contributed by atoms with Gasteiger partial charge in [-0.15, -0.1) is 0 Å². The van der Waals surface area contributed by atoms with Gasteiger partial charge in [-0.1, -0.05) is 13.8 Å². The average molecular weight is 279 g/mol. The lowest BCUT2D eigenvalue weighted by Gasteiger charge is -2.23. The Bertz CT molecular complexity index is 492. The van der Waals surface area contributed by atoms with Gasteiger partial charge in [0.05, 0.1) is 6.42 Å². The van der Waals surface area contributed by atoms with E-state index in [9.17, 15) is 9.59 Å². The Balaban J connectivity index is 2.04. The number of nitrogens with zero attached hydrogens (tertiary/aromatic N) is 2. The second-order valence-electron chi connectivity index (χ2n) is 5.77. The van der Waals surface area contributed by atoms with Crippen LogP contribution in [-0.4, -0.2) is 45.2 Å². The molecular weight excluding hydrogens is 258 g/mol. The standard InChI is InChI=1S/C14H21N3O3/c1-9(2)8-17(6-5-13(18)19)14(20)12-7-11(15-16-12)10-3-4-10/h7,9-10H,3-6,8H2,1-2H3,(H,15,16)(H,18,19). The minimum absolute atomic E-state index is 0.0433. The Morgan fingerprint density at radius 2 is 2.20 bits per heavy atom. The number of H-pyrrole nitrogens is 1. The molecule has 1 aromatic rings. The highest BCUT2D eigenvalue weighted by Crippen LogP contribution is 2.39. The number of carboxylic acids is 1. The molecule has 0 spiro atoms. The second-order valence-corrected chi connectivity index (χ2v) is 5.77. The maximum Gasteiger partial charge on any atom is 0.305 e. The monoisotopic (exact) mass is 279 g/mol. The molecule has 1 heterocycles. The van der Waals surface area contributed by atoms with Crippen LogP contribution in [-0.2, 0) is 4.79 Å². The molecule has 1 amide bonds. The smallest absolute Gasteiger partial charge is 0.305 e. The molecule has 0 radical (unpaired) electrons. The minimum atomic E-state index is -0.896. The normalized spacial score (nSPS) is 14.6. The van der Waals surface area contributed by atoms with Crippen LogP contribution in [0.3, 0.4) is 0 Å². The van der Waals surface area contributed by atoms with E-state index in [0.29, 0.717) is 18.2 Å². The van der Waals surface area contributed by atoms with Crippen LogP contribution < -0.4 is 0 Å². The molecule has 2 rings (SSSR count). The van der Waals surface area contributed by atoms with Gasteiger partial charge in [-0.25, -0.2) is 0 Å². The molecule has 0 unspecified atom stereocenters. The molecule has 0 saturated heterocycles. The van der Waals surface area contributed by atoms with Crippen LogP contribution in [0.25, 0.3) is 0 Å². The number of carbonyl (C=O) groups is 2. The molecule has 20 heavy (non-hydrogen) atoms. The fraction of sp³-hybridized carbons (Fsp3) is 0.643. The molecular formula is C14H21N3O3. The van der Waals surface area contributed by atoms with Crippen molar-refractivity contribution in [2.24, 2.45) is 5.92 Å². The van der Waals surface area contributed by atoms with E-state index in [1.165, 1.54) is 0 Å². The minimum Gasteiger partial charge on any atom is -0.481 e. The van der Waals surface area contributed by atoms with E-state index in [4.69, 9.17) is 5.11 Å². The molecule has 1 aliphatic rings. The van der Waals surface area contributed by atoms with Crippen LogP contribution in [0.15, 0.2) is 6.07 Å². The Morgan fingerprint density at radius 3 is 2.75 bits per heavy atom. The van der Waals surface area contributed by atoms with E-state index in [1.807, 2.05) is 13.8 Å². The Hall–Kier alpha value is -1.85. The first-order valence-corrected chi connectivity index (χ1v) is 7.03. The number of amides is 1. The summed E-state index contributed by atoms with van der Waals surface area (Å²) in [6, 6.07) is 1.80. The summed E-state index contributed by atoms with van der Waals surface area (Å²) < 4.78 is 0. The first kappa shape index (κ1) is 14.6. The molecule has 1 fully saturated rings. The largest absolute Gasteiger partial charge is 0.481 e. The van der Waals surface area contributed by atoms with Crippen molar-refractivity contribution in [3.8, 4) is 0 Å². The molecule has 6 nitrogen and oxygen atoms in total. The van der Waals surface area contributed by atoms with E-state index in [2.05, 4.69) is 10.2 Å². The number of rotatable bonds is 7. The number of hydrogen-bond donors (Lipinski definition) is 2. The summed E-state index contributed by atoms with van der Waals surface area (Å²) in [4.78, 5) is 24.7. The Morgan fingerprint density at radius 1 is 1.50 bits per heavy atom. The fourth-order valence-electron chi connectivity index (χ4n) is 2.16. The van der Waals surface area contributed by atoms with Crippen molar-refractivity contribution in [1.82, 2.24) is 15.1 Å². The summed E-state index contributed by atoms with van der Waals surface area (Å²) >= 11 is 0. The van der Waals surface area contributed by atoms with E-state index >= 15 is 0 Å². The molecule has 0 aliphatic heterocycles. The molecule has 1 saturated carbocycles. The van der Waals surface area contributed by atoms with Gasteiger partial charge in [0.25, 0.3) is 5.91 Å². The van der Waals surface area contributed by atoms with E-state index in [0.717, 1.165) is 18.5 Å². The van der Waals surface area contributed by atoms with Crippen molar-refractivity contribution in [2.75, 3.05) is 13.1 Å². The Kier molecular flexibility index (Phi) is 4.42. The van der Waals surface area contributed by atoms with Gasteiger partial charge in [0, 0.05) is 24.7 Å². The van der Waals surface area contributed by atoms with Gasteiger partial charge in [0.1, 0.15) is 5.69 Å². The lowest BCUT2D eigenvalue weighted by atomic mass is 10.2. The zero-order chi connectivity index (χ0) is 14.7. The number of hydrogen-bond acceptors (Lipinski definition) is 3. The lowest BCUT2D eigenvalue weighted by molar-refractivity contribution is -0.137. The van der Waals surface area contributed by atoms with E-state index in [-0.39, 0.29) is 24.8 Å². The zero-order valence-corrected chi connectivity index (χ0v) is 11.9. The lowest BCUT2D eigenvalue weighted by Crippen LogP contribution is -2.36. The first-order valence-electron chi connectivity index (χ1n) is 7.03. The summed E-state index contributed by atoms with van der Waals surface area (Å²) in [6.07, 6.45) is 2.24. The topological polar surface area (TPSA) is 86.3 Å². The molecule has 0 atom stereocenters. The van der Waals surface area contributed by atoms with Gasteiger partial charge in [-0.2, -0.15) is 5.10 Å². The molecule has 1 aliphatic carbocycles. The van der Waals surface area contributed by atoms with Gasteiger partial charge in [-0.3, -0.25) is 14.7 Å². The highest BCUT2D eigenvalue weighted by Gasteiger charge is 2.27. The van der Waals surface area contributed by atoms with E-state index < -0.39 is 5.97 Å². The highest BCUT2D eigenvalue weighted by atomic mass is 16.4. The molecule has 2 N–H and O–H groups in total. The van der Waals surface area contributed by atoms with Gasteiger partial charge in [0.15, 0.2) is 0 Å². The predicted octanol–water partition coefficient (Wildman–Crippen LogP) is 1.86. The quantitative estimate of drug-likeness (QED) is 0.797. The number of aromatic amines is 1. The highest BCUT2D eigenvalue weighted by molar-refractivity contribution is 5.92. The number of carbonyl (C=O) groups excluding carboxylic acids is 1. The van der Waals surface area contributed by atoms with Crippen LogP contribution >= 0.6 is 0 Å². The van der Waals surface area contributed by atoms with Crippen molar-refractivity contribution in [3.05, 3.63) is 17.5 Å². The average Bonchev–Trinajstić information content (AvgIpc) is 3.11. The number of carboxylic acid groups (broad SMARTS) is 1. The zero-order valence-electron chi connectivity index (χ0n) is 11.9. The third-order valence-electron chi connectivity index (χ3n) is 3.30. The molecule has 1 aromatic heterocycles. The van der Waals surface area contributed by atoms with Crippen molar-refractivity contribution >= 4 is 11.9 Å². The van der Waals surface area contributed by atoms with Crippen molar-refractivity contribution in [3.63, 3.8) is 0 Å². The summed E-state index contributed by atoms with van der Waals surface area (Å²) in [7, 11) is 0. The summed E-state index contributed by atoms with van der Waals surface area (Å²) in [5.74, 6) is -0.286. The summed E-state index contributed by atoms with van der Waals surface area (Å²) in [5.41, 5.74) is 1.40. The summed E-state index contributed by atoms with van der Waals surface area (Å²) in [5, 5.41) is 15.8.